The number of anilines is 1. The molecule has 0 aliphatic carbocycles. The summed E-state index contributed by atoms with van der Waals surface area (Å²) in [6.45, 7) is 1.95. The number of hydrogen-bond donors (Lipinski definition) is 2. The first kappa shape index (κ1) is 12.3. The van der Waals surface area contributed by atoms with E-state index in [1.807, 2.05) is 54.0 Å². The highest BCUT2D eigenvalue weighted by Gasteiger charge is 2.11. The number of nitrogens with zero attached hydrogens (tertiary/aromatic N) is 2. The Morgan fingerprint density at radius 2 is 2.05 bits per heavy atom. The van der Waals surface area contributed by atoms with Gasteiger partial charge in [0.25, 0.3) is 0 Å². The second-order valence-electron chi connectivity index (χ2n) is 5.09. The van der Waals surface area contributed by atoms with Crippen molar-refractivity contribution < 1.29 is 0 Å². The Kier molecular flexibility index (Phi) is 2.50. The summed E-state index contributed by atoms with van der Waals surface area (Å²) in [4.78, 5) is 7.48. The SMILES string of the molecule is Cc1c(N)nc2ccc(-c3ccc4[nH]ccc4c3Cl)cn12. The first-order valence-electron chi connectivity index (χ1n) is 6.65. The molecular weight excluding hydrogens is 284 g/mol. The van der Waals surface area contributed by atoms with Crippen LogP contribution in [0.2, 0.25) is 5.02 Å². The van der Waals surface area contributed by atoms with Crippen molar-refractivity contribution in [3.05, 3.63) is 53.4 Å². The lowest BCUT2D eigenvalue weighted by molar-refractivity contribution is 1.11. The zero-order chi connectivity index (χ0) is 14.6. The monoisotopic (exact) mass is 296 g/mol. The zero-order valence-electron chi connectivity index (χ0n) is 11.4. The van der Waals surface area contributed by atoms with Gasteiger partial charge in [-0.15, -0.1) is 0 Å². The number of imidazole rings is 1. The van der Waals surface area contributed by atoms with Crippen molar-refractivity contribution in [1.29, 1.82) is 0 Å². The average Bonchev–Trinajstić information content (AvgIpc) is 3.06. The summed E-state index contributed by atoms with van der Waals surface area (Å²) in [7, 11) is 0. The van der Waals surface area contributed by atoms with Gasteiger partial charge < -0.3 is 15.1 Å². The van der Waals surface area contributed by atoms with E-state index in [0.29, 0.717) is 5.82 Å². The van der Waals surface area contributed by atoms with E-state index in [9.17, 15) is 0 Å². The standard InChI is InChI=1S/C16H13ClN4/c1-9-16(18)20-14-5-2-10(8-21(9)14)11-3-4-13-12(15(11)17)6-7-19-13/h2-8,19H,18H2,1H3. The number of halogens is 1. The zero-order valence-corrected chi connectivity index (χ0v) is 12.1. The lowest BCUT2D eigenvalue weighted by Gasteiger charge is -2.07. The molecule has 3 N–H and O–H groups in total. The van der Waals surface area contributed by atoms with E-state index >= 15 is 0 Å². The molecule has 0 amide bonds. The molecule has 5 heteroatoms. The van der Waals surface area contributed by atoms with E-state index in [1.54, 1.807) is 0 Å². The number of H-pyrrole nitrogens is 1. The highest BCUT2D eigenvalue weighted by molar-refractivity contribution is 6.38. The molecule has 0 saturated heterocycles. The van der Waals surface area contributed by atoms with Crippen LogP contribution in [0.4, 0.5) is 5.82 Å². The van der Waals surface area contributed by atoms with E-state index in [4.69, 9.17) is 17.3 Å². The van der Waals surface area contributed by atoms with Crippen LogP contribution in [0.5, 0.6) is 0 Å². The van der Waals surface area contributed by atoms with E-state index in [-0.39, 0.29) is 0 Å². The predicted molar refractivity (Wildman–Crippen MR) is 86.6 cm³/mol. The Bertz CT molecular complexity index is 981. The fraction of sp³-hybridized carbons (Fsp3) is 0.0625. The number of benzene rings is 1. The molecule has 0 aliphatic heterocycles. The number of pyridine rings is 1. The minimum absolute atomic E-state index is 0.555. The number of hydrogen-bond acceptors (Lipinski definition) is 2. The molecule has 0 atom stereocenters. The van der Waals surface area contributed by atoms with Crippen LogP contribution in [0.3, 0.4) is 0 Å². The third kappa shape index (κ3) is 1.73. The van der Waals surface area contributed by atoms with Crippen LogP contribution in [-0.4, -0.2) is 14.4 Å². The van der Waals surface area contributed by atoms with Gasteiger partial charge in [0, 0.05) is 28.9 Å². The average molecular weight is 297 g/mol. The van der Waals surface area contributed by atoms with Gasteiger partial charge >= 0.3 is 0 Å². The van der Waals surface area contributed by atoms with E-state index in [2.05, 4.69) is 9.97 Å². The van der Waals surface area contributed by atoms with Crippen LogP contribution in [0.25, 0.3) is 27.7 Å². The maximum absolute atomic E-state index is 6.54. The van der Waals surface area contributed by atoms with Crippen LogP contribution >= 0.6 is 11.6 Å². The van der Waals surface area contributed by atoms with E-state index in [0.717, 1.165) is 38.4 Å². The molecular formula is C16H13ClN4. The summed E-state index contributed by atoms with van der Waals surface area (Å²) in [6.07, 6.45) is 3.91. The van der Waals surface area contributed by atoms with Crippen molar-refractivity contribution in [3.8, 4) is 11.1 Å². The van der Waals surface area contributed by atoms with Gasteiger partial charge in [-0.2, -0.15) is 0 Å². The van der Waals surface area contributed by atoms with Crippen LogP contribution in [0.1, 0.15) is 5.69 Å². The molecule has 3 aromatic heterocycles. The van der Waals surface area contributed by atoms with Crippen molar-refractivity contribution >= 4 is 34.0 Å². The van der Waals surface area contributed by atoms with Crippen molar-refractivity contribution in [2.75, 3.05) is 5.73 Å². The number of rotatable bonds is 1. The first-order valence-corrected chi connectivity index (χ1v) is 7.03. The molecule has 0 aliphatic rings. The number of nitrogens with one attached hydrogen (secondary N) is 1. The number of nitrogens with two attached hydrogens (primary N) is 1. The fourth-order valence-corrected chi connectivity index (χ4v) is 3.00. The van der Waals surface area contributed by atoms with Gasteiger partial charge in [0.1, 0.15) is 11.5 Å². The van der Waals surface area contributed by atoms with Crippen LogP contribution in [-0.2, 0) is 0 Å². The number of fused-ring (bicyclic) bond motifs is 2. The molecule has 0 fully saturated rings. The minimum atomic E-state index is 0.555. The lowest BCUT2D eigenvalue weighted by atomic mass is 10.1. The molecule has 104 valence electrons. The van der Waals surface area contributed by atoms with Gasteiger partial charge in [-0.1, -0.05) is 17.7 Å². The summed E-state index contributed by atoms with van der Waals surface area (Å²) in [6, 6.07) is 10.0. The molecule has 0 radical (unpaired) electrons. The predicted octanol–water partition coefficient (Wildman–Crippen LogP) is 4.03. The van der Waals surface area contributed by atoms with Crippen LogP contribution < -0.4 is 5.73 Å². The number of aryl methyl sites for hydroxylation is 1. The molecule has 4 nitrogen and oxygen atoms in total. The minimum Gasteiger partial charge on any atom is -0.382 e. The number of aromatic nitrogens is 3. The molecule has 4 rings (SSSR count). The van der Waals surface area contributed by atoms with Crippen LogP contribution in [0.15, 0.2) is 42.7 Å². The highest BCUT2D eigenvalue weighted by Crippen LogP contribution is 2.34. The van der Waals surface area contributed by atoms with Gasteiger partial charge in [-0.25, -0.2) is 4.98 Å². The van der Waals surface area contributed by atoms with Gasteiger partial charge in [0.2, 0.25) is 0 Å². The third-order valence-corrected chi connectivity index (χ3v) is 4.28. The fourth-order valence-electron chi connectivity index (χ4n) is 2.66. The largest absolute Gasteiger partial charge is 0.382 e. The van der Waals surface area contributed by atoms with Gasteiger partial charge in [-0.05, 0) is 36.8 Å². The molecule has 0 saturated carbocycles. The third-order valence-electron chi connectivity index (χ3n) is 3.87. The van der Waals surface area contributed by atoms with Gasteiger partial charge in [0.15, 0.2) is 0 Å². The summed E-state index contributed by atoms with van der Waals surface area (Å²) >= 11 is 6.54. The Morgan fingerprint density at radius 1 is 1.19 bits per heavy atom. The highest BCUT2D eigenvalue weighted by atomic mass is 35.5. The van der Waals surface area contributed by atoms with Crippen molar-refractivity contribution in [1.82, 2.24) is 14.4 Å². The smallest absolute Gasteiger partial charge is 0.145 e. The van der Waals surface area contributed by atoms with Crippen molar-refractivity contribution in [2.45, 2.75) is 6.92 Å². The summed E-state index contributed by atoms with van der Waals surface area (Å²) in [5.74, 6) is 0.555. The molecule has 3 heterocycles. The molecule has 0 unspecified atom stereocenters. The Labute approximate surface area is 126 Å². The van der Waals surface area contributed by atoms with Crippen LogP contribution in [0, 0.1) is 6.92 Å². The topological polar surface area (TPSA) is 59.1 Å². The molecule has 1 aromatic carbocycles. The van der Waals surface area contributed by atoms with Crippen molar-refractivity contribution in [2.24, 2.45) is 0 Å². The quantitative estimate of drug-likeness (QED) is 0.557. The molecule has 4 aromatic rings. The summed E-state index contributed by atoms with van der Waals surface area (Å²) < 4.78 is 1.99. The lowest BCUT2D eigenvalue weighted by Crippen LogP contribution is -1.91. The second-order valence-corrected chi connectivity index (χ2v) is 5.47. The Hall–Kier alpha value is -2.46. The van der Waals surface area contributed by atoms with E-state index < -0.39 is 0 Å². The van der Waals surface area contributed by atoms with E-state index in [1.165, 1.54) is 0 Å². The maximum atomic E-state index is 6.54. The molecule has 0 spiro atoms. The molecule has 0 bridgehead atoms. The summed E-state index contributed by atoms with van der Waals surface area (Å²) in [5.41, 5.74) is 10.7. The number of aromatic amines is 1. The van der Waals surface area contributed by atoms with Gasteiger partial charge in [0.05, 0.1) is 10.7 Å². The maximum Gasteiger partial charge on any atom is 0.145 e. The second kappa shape index (κ2) is 4.27. The Balaban J connectivity index is 1.99. The molecule has 21 heavy (non-hydrogen) atoms. The number of nitrogen functional groups attached to an aromatic ring is 1. The van der Waals surface area contributed by atoms with Gasteiger partial charge in [-0.3, -0.25) is 0 Å². The normalized spacial score (nSPS) is 11.5. The summed E-state index contributed by atoms with van der Waals surface area (Å²) in [5, 5.41) is 1.77. The first-order chi connectivity index (χ1) is 10.1. The Morgan fingerprint density at radius 3 is 2.90 bits per heavy atom. The van der Waals surface area contributed by atoms with Crippen molar-refractivity contribution in [3.63, 3.8) is 0 Å².